The van der Waals surface area contributed by atoms with E-state index in [9.17, 15) is 0 Å². The summed E-state index contributed by atoms with van der Waals surface area (Å²) in [6, 6.07) is 36.0. The Kier molecular flexibility index (Phi) is 6.54. The molecule has 148 valence electrons. The van der Waals surface area contributed by atoms with Gasteiger partial charge in [0.25, 0.3) is 0 Å². The molecular formula is C27H23NO2. The fourth-order valence-corrected chi connectivity index (χ4v) is 2.97. The zero-order valence-corrected chi connectivity index (χ0v) is 16.6. The maximum Gasteiger partial charge on any atom is 0.132 e. The Morgan fingerprint density at radius 1 is 0.600 bits per heavy atom. The number of aliphatic imine (C=N–C) groups is 1. The topological polar surface area (TPSA) is 30.8 Å². The molecule has 0 aliphatic rings. The first kappa shape index (κ1) is 19.5. The van der Waals surface area contributed by atoms with Crippen molar-refractivity contribution in [3.05, 3.63) is 126 Å². The zero-order chi connectivity index (χ0) is 20.4. The minimum absolute atomic E-state index is 0.481. The summed E-state index contributed by atoms with van der Waals surface area (Å²) in [6.07, 6.45) is 1.83. The third kappa shape index (κ3) is 5.58. The first-order chi connectivity index (χ1) is 14.9. The highest BCUT2D eigenvalue weighted by molar-refractivity contribution is 5.85. The van der Waals surface area contributed by atoms with Gasteiger partial charge in [-0.15, -0.1) is 0 Å². The second kappa shape index (κ2) is 10.1. The number of rotatable bonds is 8. The lowest BCUT2D eigenvalue weighted by Crippen LogP contribution is -2.00. The van der Waals surface area contributed by atoms with Crippen molar-refractivity contribution in [1.82, 2.24) is 0 Å². The highest BCUT2D eigenvalue weighted by Gasteiger charge is 2.06. The van der Waals surface area contributed by atoms with Crippen LogP contribution in [0.4, 0.5) is 5.69 Å². The molecule has 0 spiro atoms. The minimum atomic E-state index is 0.481. The average molecular weight is 393 g/mol. The lowest BCUT2D eigenvalue weighted by molar-refractivity contribution is 0.289. The van der Waals surface area contributed by atoms with Gasteiger partial charge in [-0.25, -0.2) is 0 Å². The predicted octanol–water partition coefficient (Wildman–Crippen LogP) is 6.60. The van der Waals surface area contributed by atoms with Crippen molar-refractivity contribution in [2.75, 3.05) is 0 Å². The molecule has 3 nitrogen and oxygen atoms in total. The third-order valence-electron chi connectivity index (χ3n) is 4.58. The summed E-state index contributed by atoms with van der Waals surface area (Å²) in [5.41, 5.74) is 4.04. The molecule has 0 saturated carbocycles. The summed E-state index contributed by atoms with van der Waals surface area (Å²) in [5, 5.41) is 0. The standard InChI is InChI=1S/C27H23NO2/c1-4-10-22(11-5-1)20-29-26-17-16-24(19-28-25-14-8-3-9-15-25)27(18-26)30-21-23-12-6-2-7-13-23/h1-19H,20-21H2. The molecule has 0 unspecified atom stereocenters. The number of para-hydroxylation sites is 1. The van der Waals surface area contributed by atoms with Crippen molar-refractivity contribution < 1.29 is 9.47 Å². The maximum absolute atomic E-state index is 6.13. The Morgan fingerprint density at radius 2 is 1.17 bits per heavy atom. The van der Waals surface area contributed by atoms with Gasteiger partial charge in [0.05, 0.1) is 5.69 Å². The molecular weight excluding hydrogens is 370 g/mol. The molecule has 0 radical (unpaired) electrons. The molecule has 0 fully saturated rings. The summed E-state index contributed by atoms with van der Waals surface area (Å²) >= 11 is 0. The van der Waals surface area contributed by atoms with Crippen molar-refractivity contribution in [2.24, 2.45) is 4.99 Å². The highest BCUT2D eigenvalue weighted by atomic mass is 16.5. The fourth-order valence-electron chi connectivity index (χ4n) is 2.97. The molecule has 4 aromatic rings. The van der Waals surface area contributed by atoms with Gasteiger partial charge in [-0.2, -0.15) is 0 Å². The lowest BCUT2D eigenvalue weighted by atomic mass is 10.2. The van der Waals surface area contributed by atoms with Crippen molar-refractivity contribution in [3.8, 4) is 11.5 Å². The smallest absolute Gasteiger partial charge is 0.132 e. The number of benzene rings is 4. The predicted molar refractivity (Wildman–Crippen MR) is 122 cm³/mol. The van der Waals surface area contributed by atoms with Gasteiger partial charge < -0.3 is 9.47 Å². The van der Waals surface area contributed by atoms with E-state index in [0.29, 0.717) is 13.2 Å². The van der Waals surface area contributed by atoms with Crippen LogP contribution in [-0.2, 0) is 13.2 Å². The summed E-state index contributed by atoms with van der Waals surface area (Å²) in [4.78, 5) is 4.57. The van der Waals surface area contributed by atoms with E-state index in [1.165, 1.54) is 0 Å². The normalized spacial score (nSPS) is 10.8. The van der Waals surface area contributed by atoms with E-state index in [4.69, 9.17) is 9.47 Å². The van der Waals surface area contributed by atoms with Crippen LogP contribution in [0.15, 0.2) is 114 Å². The number of hydrogen-bond acceptors (Lipinski definition) is 3. The van der Waals surface area contributed by atoms with Gasteiger partial charge in [-0.1, -0.05) is 78.9 Å². The molecule has 0 heterocycles. The van der Waals surface area contributed by atoms with Crippen LogP contribution < -0.4 is 9.47 Å². The third-order valence-corrected chi connectivity index (χ3v) is 4.58. The van der Waals surface area contributed by atoms with Crippen LogP contribution in [0.3, 0.4) is 0 Å². The van der Waals surface area contributed by atoms with Crippen molar-refractivity contribution >= 4 is 11.9 Å². The van der Waals surface area contributed by atoms with Crippen molar-refractivity contribution in [3.63, 3.8) is 0 Å². The first-order valence-corrected chi connectivity index (χ1v) is 9.93. The summed E-state index contributed by atoms with van der Waals surface area (Å²) in [6.45, 7) is 0.992. The van der Waals surface area contributed by atoms with Crippen LogP contribution in [0.25, 0.3) is 0 Å². The number of ether oxygens (including phenoxy) is 2. The Labute approximate surface area is 177 Å². The van der Waals surface area contributed by atoms with Crippen LogP contribution in [-0.4, -0.2) is 6.21 Å². The first-order valence-electron chi connectivity index (χ1n) is 9.93. The second-order valence-electron chi connectivity index (χ2n) is 6.84. The van der Waals surface area contributed by atoms with Gasteiger partial charge in [0.2, 0.25) is 0 Å². The van der Waals surface area contributed by atoms with Crippen LogP contribution in [0.5, 0.6) is 11.5 Å². The Bertz CT molecular complexity index is 1080. The summed E-state index contributed by atoms with van der Waals surface area (Å²) in [7, 11) is 0. The van der Waals surface area contributed by atoms with Crippen LogP contribution in [0, 0.1) is 0 Å². The summed E-state index contributed by atoms with van der Waals surface area (Å²) in [5.74, 6) is 1.50. The Balaban J connectivity index is 1.53. The largest absolute Gasteiger partial charge is 0.489 e. The molecule has 4 rings (SSSR count). The van der Waals surface area contributed by atoms with Crippen LogP contribution >= 0.6 is 0 Å². The Hall–Kier alpha value is -3.85. The van der Waals surface area contributed by atoms with Crippen LogP contribution in [0.1, 0.15) is 16.7 Å². The van der Waals surface area contributed by atoms with E-state index < -0.39 is 0 Å². The average Bonchev–Trinajstić information content (AvgIpc) is 2.82. The van der Waals surface area contributed by atoms with Crippen molar-refractivity contribution in [1.29, 1.82) is 0 Å². The molecule has 0 aliphatic carbocycles. The molecule has 0 aromatic heterocycles. The molecule has 0 N–H and O–H groups in total. The zero-order valence-electron chi connectivity index (χ0n) is 16.6. The summed E-state index contributed by atoms with van der Waals surface area (Å²) < 4.78 is 12.1. The number of nitrogens with zero attached hydrogens (tertiary/aromatic N) is 1. The highest BCUT2D eigenvalue weighted by Crippen LogP contribution is 2.26. The van der Waals surface area contributed by atoms with Gasteiger partial charge in [-0.3, -0.25) is 4.99 Å². The van der Waals surface area contributed by atoms with Gasteiger partial charge in [-0.05, 0) is 35.4 Å². The van der Waals surface area contributed by atoms with E-state index in [0.717, 1.165) is 33.9 Å². The van der Waals surface area contributed by atoms with Gasteiger partial charge in [0.1, 0.15) is 24.7 Å². The SMILES string of the molecule is C(=Nc1ccccc1)c1ccc(OCc2ccccc2)cc1OCc1ccccc1. The van der Waals surface area contributed by atoms with Gasteiger partial charge in [0.15, 0.2) is 0 Å². The van der Waals surface area contributed by atoms with E-state index in [2.05, 4.69) is 4.99 Å². The van der Waals surface area contributed by atoms with E-state index >= 15 is 0 Å². The van der Waals surface area contributed by atoms with E-state index in [1.807, 2.05) is 115 Å². The molecule has 30 heavy (non-hydrogen) atoms. The Morgan fingerprint density at radius 3 is 1.80 bits per heavy atom. The van der Waals surface area contributed by atoms with Gasteiger partial charge >= 0.3 is 0 Å². The second-order valence-corrected chi connectivity index (χ2v) is 6.84. The van der Waals surface area contributed by atoms with Crippen molar-refractivity contribution in [2.45, 2.75) is 13.2 Å². The van der Waals surface area contributed by atoms with E-state index in [-0.39, 0.29) is 0 Å². The minimum Gasteiger partial charge on any atom is -0.489 e. The molecule has 0 aliphatic heterocycles. The molecule has 4 aromatic carbocycles. The molecule has 0 amide bonds. The molecule has 0 saturated heterocycles. The fraction of sp³-hybridized carbons (Fsp3) is 0.0741. The monoisotopic (exact) mass is 393 g/mol. The maximum atomic E-state index is 6.13. The quantitative estimate of drug-likeness (QED) is 0.316. The lowest BCUT2D eigenvalue weighted by Gasteiger charge is -2.12. The molecule has 0 bridgehead atoms. The molecule has 3 heteroatoms. The van der Waals surface area contributed by atoms with E-state index in [1.54, 1.807) is 0 Å². The number of hydrogen-bond donors (Lipinski definition) is 0. The molecule has 0 atom stereocenters. The van der Waals surface area contributed by atoms with Crippen LogP contribution in [0.2, 0.25) is 0 Å². The van der Waals surface area contributed by atoms with Gasteiger partial charge in [0, 0.05) is 17.8 Å².